The van der Waals surface area contributed by atoms with Gasteiger partial charge in [0, 0.05) is 5.92 Å². The maximum atomic E-state index is 10.8. The van der Waals surface area contributed by atoms with Crippen molar-refractivity contribution in [3.8, 4) is 5.75 Å². The van der Waals surface area contributed by atoms with Crippen molar-refractivity contribution in [1.29, 1.82) is 0 Å². The fourth-order valence-corrected chi connectivity index (χ4v) is 1.63. The van der Waals surface area contributed by atoms with E-state index in [2.05, 4.69) is 12.2 Å². The molecule has 1 unspecified atom stereocenters. The maximum absolute atomic E-state index is 10.8. The minimum Gasteiger partial charge on any atom is -0.872 e. The van der Waals surface area contributed by atoms with Crippen molar-refractivity contribution in [3.05, 3.63) is 42.0 Å². The summed E-state index contributed by atoms with van der Waals surface area (Å²) >= 11 is 0. The summed E-state index contributed by atoms with van der Waals surface area (Å²) in [6, 6.07) is 7.15. The van der Waals surface area contributed by atoms with E-state index >= 15 is 0 Å². The molecule has 0 saturated heterocycles. The first kappa shape index (κ1) is 10.8. The molecule has 0 aromatic heterocycles. The fourth-order valence-electron chi connectivity index (χ4n) is 1.63. The zero-order chi connectivity index (χ0) is 8.39. The van der Waals surface area contributed by atoms with E-state index in [1.807, 2.05) is 12.1 Å². The van der Waals surface area contributed by atoms with Crippen LogP contribution in [0.3, 0.4) is 0 Å². The van der Waals surface area contributed by atoms with Crippen LogP contribution in [0.25, 0.3) is 0 Å². The van der Waals surface area contributed by atoms with Gasteiger partial charge in [-0.15, -0.1) is 5.75 Å². The van der Waals surface area contributed by atoms with E-state index in [4.69, 9.17) is 0 Å². The summed E-state index contributed by atoms with van der Waals surface area (Å²) < 4.78 is 0. The topological polar surface area (TPSA) is 23.1 Å². The Balaban J connectivity index is 0.000000845. The van der Waals surface area contributed by atoms with Crippen LogP contribution in [-0.2, 0) is 0 Å². The third kappa shape index (κ3) is 2.60. The molecule has 0 saturated carbocycles. The van der Waals surface area contributed by atoms with E-state index in [1.165, 1.54) is 18.4 Å². The molecule has 0 fully saturated rings. The Morgan fingerprint density at radius 2 is 1.85 bits per heavy atom. The number of hydrogen-bond donors (Lipinski definition) is 0. The summed E-state index contributed by atoms with van der Waals surface area (Å²) in [4.78, 5) is 0. The zero-order valence-electron chi connectivity index (χ0n) is 7.86. The minimum absolute atomic E-state index is 0. The van der Waals surface area contributed by atoms with Gasteiger partial charge >= 0.3 is 29.6 Å². The molecule has 2 heteroatoms. The van der Waals surface area contributed by atoms with Gasteiger partial charge in [-0.25, -0.2) is 0 Å². The molecule has 0 aliphatic heterocycles. The molecule has 1 atom stereocenters. The van der Waals surface area contributed by atoms with Gasteiger partial charge in [0.15, 0.2) is 0 Å². The molecule has 1 aliphatic rings. The first-order valence-electron chi connectivity index (χ1n) is 4.30. The monoisotopic (exact) mass is 182 g/mol. The van der Waals surface area contributed by atoms with Gasteiger partial charge in [0.05, 0.1) is 0 Å². The molecule has 0 bridgehead atoms. The van der Waals surface area contributed by atoms with Crippen molar-refractivity contribution in [2.75, 3.05) is 0 Å². The second-order valence-corrected chi connectivity index (χ2v) is 3.18. The number of rotatable bonds is 1. The summed E-state index contributed by atoms with van der Waals surface area (Å²) in [7, 11) is 0. The Morgan fingerprint density at radius 3 is 2.38 bits per heavy atom. The van der Waals surface area contributed by atoms with Crippen LogP contribution in [-0.4, -0.2) is 0 Å². The van der Waals surface area contributed by atoms with Crippen LogP contribution < -0.4 is 34.7 Å². The van der Waals surface area contributed by atoms with Gasteiger partial charge in [-0.1, -0.05) is 36.4 Å². The predicted octanol–water partition coefficient (Wildman–Crippen LogP) is -0.802. The van der Waals surface area contributed by atoms with Crippen LogP contribution in [0.5, 0.6) is 5.75 Å². The van der Waals surface area contributed by atoms with Crippen molar-refractivity contribution in [3.63, 3.8) is 0 Å². The molecule has 2 rings (SSSR count). The van der Waals surface area contributed by atoms with Crippen molar-refractivity contribution in [2.45, 2.75) is 18.8 Å². The summed E-state index contributed by atoms with van der Waals surface area (Å²) in [5.74, 6) is 0.645. The average Bonchev–Trinajstić information content (AvgIpc) is 2.58. The van der Waals surface area contributed by atoms with Gasteiger partial charge < -0.3 is 5.11 Å². The normalized spacial score (nSPS) is 19.8. The molecule has 1 nitrogen and oxygen atoms in total. The Kier molecular flexibility index (Phi) is 4.04. The van der Waals surface area contributed by atoms with Crippen molar-refractivity contribution in [2.24, 2.45) is 0 Å². The average molecular weight is 182 g/mol. The van der Waals surface area contributed by atoms with Crippen molar-refractivity contribution >= 4 is 0 Å². The van der Waals surface area contributed by atoms with Crippen LogP contribution in [0.2, 0.25) is 0 Å². The Morgan fingerprint density at radius 1 is 1.15 bits per heavy atom. The van der Waals surface area contributed by atoms with E-state index in [-0.39, 0.29) is 35.3 Å². The first-order chi connectivity index (χ1) is 5.86. The van der Waals surface area contributed by atoms with Crippen LogP contribution in [0.4, 0.5) is 0 Å². The molecular weight excluding hydrogens is 171 g/mol. The van der Waals surface area contributed by atoms with Crippen LogP contribution in [0.1, 0.15) is 24.3 Å². The summed E-state index contributed by atoms with van der Waals surface area (Å²) in [6.07, 6.45) is 6.79. The van der Waals surface area contributed by atoms with Gasteiger partial charge in [0.1, 0.15) is 0 Å². The van der Waals surface area contributed by atoms with Gasteiger partial charge in [-0.05, 0) is 18.4 Å². The standard InChI is InChI=1S/C11H12O.Na/c12-11-7-5-10(6-8-11)9-3-1-2-4-9;/h1,3,5-9,12H,2,4H2;/q;+1/p-1. The predicted molar refractivity (Wildman–Crippen MR) is 47.0 cm³/mol. The smallest absolute Gasteiger partial charge is 0.872 e. The molecule has 62 valence electrons. The van der Waals surface area contributed by atoms with Crippen LogP contribution in [0, 0.1) is 0 Å². The summed E-state index contributed by atoms with van der Waals surface area (Å²) in [5.41, 5.74) is 1.27. The largest absolute Gasteiger partial charge is 1.00 e. The second kappa shape index (κ2) is 4.85. The van der Waals surface area contributed by atoms with Crippen LogP contribution >= 0.6 is 0 Å². The molecule has 1 aromatic rings. The quantitative estimate of drug-likeness (QED) is 0.412. The van der Waals surface area contributed by atoms with Gasteiger partial charge in [-0.3, -0.25) is 0 Å². The fraction of sp³-hybridized carbons (Fsp3) is 0.273. The summed E-state index contributed by atoms with van der Waals surface area (Å²) in [5, 5.41) is 10.8. The van der Waals surface area contributed by atoms with Gasteiger partial charge in [0.25, 0.3) is 0 Å². The molecule has 0 spiro atoms. The van der Waals surface area contributed by atoms with E-state index in [1.54, 1.807) is 12.1 Å². The molecule has 0 radical (unpaired) electrons. The van der Waals surface area contributed by atoms with Gasteiger partial charge in [-0.2, -0.15) is 0 Å². The molecule has 0 heterocycles. The van der Waals surface area contributed by atoms with E-state index in [9.17, 15) is 5.11 Å². The van der Waals surface area contributed by atoms with E-state index < -0.39 is 0 Å². The molecule has 13 heavy (non-hydrogen) atoms. The Labute approximate surface area is 101 Å². The third-order valence-electron chi connectivity index (χ3n) is 2.32. The van der Waals surface area contributed by atoms with E-state index in [0.29, 0.717) is 5.92 Å². The Hall–Kier alpha value is -0.240. The first-order valence-corrected chi connectivity index (χ1v) is 4.30. The van der Waals surface area contributed by atoms with Crippen molar-refractivity contribution in [1.82, 2.24) is 0 Å². The Bertz CT molecular complexity index is 289. The molecule has 1 aromatic carbocycles. The SMILES string of the molecule is [Na+].[O-]c1ccc(C2C=CCC2)cc1. The molecule has 0 N–H and O–H groups in total. The summed E-state index contributed by atoms with van der Waals surface area (Å²) in [6.45, 7) is 0. The molecular formula is C11H11NaO. The number of hydrogen-bond acceptors (Lipinski definition) is 1. The van der Waals surface area contributed by atoms with E-state index in [0.717, 1.165) is 0 Å². The number of allylic oxidation sites excluding steroid dienone is 2. The zero-order valence-corrected chi connectivity index (χ0v) is 9.86. The molecule has 1 aliphatic carbocycles. The van der Waals surface area contributed by atoms with Crippen LogP contribution in [0.15, 0.2) is 36.4 Å². The van der Waals surface area contributed by atoms with Crippen molar-refractivity contribution < 1.29 is 34.7 Å². The molecule has 0 amide bonds. The third-order valence-corrected chi connectivity index (χ3v) is 2.32. The van der Waals surface area contributed by atoms with Gasteiger partial charge in [0.2, 0.25) is 0 Å². The number of benzene rings is 1. The maximum Gasteiger partial charge on any atom is 1.00 e. The second-order valence-electron chi connectivity index (χ2n) is 3.18. The minimum atomic E-state index is 0.